The van der Waals surface area contributed by atoms with E-state index in [1.807, 2.05) is 0 Å². The zero-order valence-corrected chi connectivity index (χ0v) is 12.7. The lowest BCUT2D eigenvalue weighted by Gasteiger charge is -2.32. The fourth-order valence-corrected chi connectivity index (χ4v) is 3.45. The highest BCUT2D eigenvalue weighted by Crippen LogP contribution is 2.34. The average Bonchev–Trinajstić information content (AvgIpc) is 2.64. The van der Waals surface area contributed by atoms with Gasteiger partial charge in [0.05, 0.1) is 5.41 Å². The first-order valence-electron chi connectivity index (χ1n) is 7.18. The first kappa shape index (κ1) is 15.8. The molecule has 0 aromatic heterocycles. The molecule has 106 valence electrons. The Hall–Kier alpha value is -0.220. The van der Waals surface area contributed by atoms with Crippen molar-refractivity contribution in [3.63, 3.8) is 0 Å². The Morgan fingerprint density at radius 3 is 2.39 bits per heavy atom. The fourth-order valence-electron chi connectivity index (χ4n) is 2.73. The average molecular weight is 272 g/mol. The second kappa shape index (κ2) is 8.05. The lowest BCUT2D eigenvalue weighted by Crippen LogP contribution is -2.49. The summed E-state index contributed by atoms with van der Waals surface area (Å²) in [6, 6.07) is 0.291. The summed E-state index contributed by atoms with van der Waals surface area (Å²) >= 11 is 1.79. The van der Waals surface area contributed by atoms with Crippen LogP contribution in [0.15, 0.2) is 0 Å². The first-order valence-corrected chi connectivity index (χ1v) is 8.58. The van der Waals surface area contributed by atoms with Crippen molar-refractivity contribution in [1.82, 2.24) is 5.32 Å². The molecular weight excluding hydrogens is 244 g/mol. The molecule has 1 amide bonds. The van der Waals surface area contributed by atoms with Crippen LogP contribution in [0.2, 0.25) is 0 Å². The van der Waals surface area contributed by atoms with Crippen molar-refractivity contribution in [3.8, 4) is 0 Å². The molecular formula is C14H28N2OS. The van der Waals surface area contributed by atoms with Gasteiger partial charge in [0.25, 0.3) is 0 Å². The fraction of sp³-hybridized carbons (Fsp3) is 0.929. The van der Waals surface area contributed by atoms with E-state index < -0.39 is 0 Å². The summed E-state index contributed by atoms with van der Waals surface area (Å²) in [5, 5.41) is 3.22. The van der Waals surface area contributed by atoms with Crippen LogP contribution in [0.5, 0.6) is 0 Å². The van der Waals surface area contributed by atoms with Gasteiger partial charge in [0.1, 0.15) is 0 Å². The molecule has 0 aromatic carbocycles. The highest BCUT2D eigenvalue weighted by Gasteiger charge is 2.37. The van der Waals surface area contributed by atoms with Gasteiger partial charge in [-0.05, 0) is 25.5 Å². The Kier molecular flexibility index (Phi) is 7.08. The van der Waals surface area contributed by atoms with Gasteiger partial charge in [0.2, 0.25) is 5.91 Å². The Morgan fingerprint density at radius 1 is 1.33 bits per heavy atom. The van der Waals surface area contributed by atoms with Gasteiger partial charge in [-0.2, -0.15) is 11.8 Å². The molecule has 0 heterocycles. The van der Waals surface area contributed by atoms with E-state index in [-0.39, 0.29) is 11.3 Å². The minimum absolute atomic E-state index is 0.202. The maximum atomic E-state index is 12.5. The molecule has 4 heteroatoms. The van der Waals surface area contributed by atoms with E-state index in [0.29, 0.717) is 12.6 Å². The van der Waals surface area contributed by atoms with Crippen LogP contribution in [0.1, 0.15) is 51.9 Å². The highest BCUT2D eigenvalue weighted by molar-refractivity contribution is 7.98. The molecule has 0 bridgehead atoms. The number of carbonyl (C=O) groups is 1. The summed E-state index contributed by atoms with van der Waals surface area (Å²) < 4.78 is 0. The van der Waals surface area contributed by atoms with E-state index in [1.165, 1.54) is 12.8 Å². The SMILES string of the molecule is CCC(CSC)NC(=O)C1(CN)CCCCCC1. The zero-order chi connectivity index (χ0) is 13.4. The van der Waals surface area contributed by atoms with Crippen molar-refractivity contribution in [3.05, 3.63) is 0 Å². The molecule has 1 saturated carbocycles. The number of hydrogen-bond acceptors (Lipinski definition) is 3. The molecule has 0 spiro atoms. The Labute approximate surface area is 116 Å². The largest absolute Gasteiger partial charge is 0.352 e. The molecule has 0 aliphatic heterocycles. The predicted molar refractivity (Wildman–Crippen MR) is 79.8 cm³/mol. The Bertz CT molecular complexity index is 250. The summed E-state index contributed by atoms with van der Waals surface area (Å²) in [5.74, 6) is 1.19. The van der Waals surface area contributed by atoms with Gasteiger partial charge in [0, 0.05) is 18.3 Å². The molecule has 1 aliphatic carbocycles. The molecule has 0 aromatic rings. The van der Waals surface area contributed by atoms with Crippen LogP contribution in [0.4, 0.5) is 0 Å². The zero-order valence-electron chi connectivity index (χ0n) is 11.8. The minimum Gasteiger partial charge on any atom is -0.352 e. The van der Waals surface area contributed by atoms with Crippen LogP contribution in [0.25, 0.3) is 0 Å². The van der Waals surface area contributed by atoms with Crippen molar-refractivity contribution >= 4 is 17.7 Å². The number of thioether (sulfide) groups is 1. The van der Waals surface area contributed by atoms with E-state index >= 15 is 0 Å². The van der Waals surface area contributed by atoms with Gasteiger partial charge in [-0.3, -0.25) is 4.79 Å². The Morgan fingerprint density at radius 2 is 1.94 bits per heavy atom. The van der Waals surface area contributed by atoms with Gasteiger partial charge in [-0.1, -0.05) is 32.6 Å². The molecule has 1 atom stereocenters. The third kappa shape index (κ3) is 4.16. The molecule has 1 rings (SSSR count). The van der Waals surface area contributed by atoms with Crippen molar-refractivity contribution in [2.75, 3.05) is 18.6 Å². The summed E-state index contributed by atoms with van der Waals surface area (Å²) in [5.41, 5.74) is 5.64. The maximum absolute atomic E-state index is 12.5. The van der Waals surface area contributed by atoms with Crippen molar-refractivity contribution < 1.29 is 4.79 Å². The molecule has 3 nitrogen and oxygen atoms in total. The van der Waals surface area contributed by atoms with Gasteiger partial charge in [-0.15, -0.1) is 0 Å². The van der Waals surface area contributed by atoms with Gasteiger partial charge in [0.15, 0.2) is 0 Å². The van der Waals surface area contributed by atoms with Crippen LogP contribution in [0.3, 0.4) is 0 Å². The van der Waals surface area contributed by atoms with Gasteiger partial charge in [-0.25, -0.2) is 0 Å². The Balaban J connectivity index is 2.64. The summed E-state index contributed by atoms with van der Waals surface area (Å²) in [4.78, 5) is 12.5. The molecule has 18 heavy (non-hydrogen) atoms. The van der Waals surface area contributed by atoms with E-state index in [2.05, 4.69) is 18.5 Å². The van der Waals surface area contributed by atoms with E-state index in [4.69, 9.17) is 5.73 Å². The number of nitrogens with one attached hydrogen (secondary N) is 1. The number of hydrogen-bond donors (Lipinski definition) is 2. The van der Waals surface area contributed by atoms with Gasteiger partial charge >= 0.3 is 0 Å². The van der Waals surface area contributed by atoms with Gasteiger partial charge < -0.3 is 11.1 Å². The van der Waals surface area contributed by atoms with Crippen LogP contribution >= 0.6 is 11.8 Å². The van der Waals surface area contributed by atoms with Crippen LogP contribution in [0, 0.1) is 5.41 Å². The number of nitrogens with two attached hydrogens (primary N) is 1. The second-order valence-corrected chi connectivity index (χ2v) is 6.34. The van der Waals surface area contributed by atoms with Crippen LogP contribution in [-0.4, -0.2) is 30.5 Å². The minimum atomic E-state index is -0.289. The summed E-state index contributed by atoms with van der Waals surface area (Å²) in [7, 11) is 0. The van der Waals surface area contributed by atoms with Crippen LogP contribution in [-0.2, 0) is 4.79 Å². The second-order valence-electron chi connectivity index (χ2n) is 5.43. The van der Waals surface area contributed by atoms with Crippen LogP contribution < -0.4 is 11.1 Å². The first-order chi connectivity index (χ1) is 8.68. The summed E-state index contributed by atoms with van der Waals surface area (Å²) in [6.45, 7) is 2.62. The lowest BCUT2D eigenvalue weighted by molar-refractivity contribution is -0.132. The third-order valence-corrected chi connectivity index (χ3v) is 4.86. The molecule has 3 N–H and O–H groups in total. The maximum Gasteiger partial charge on any atom is 0.227 e. The number of rotatable bonds is 6. The van der Waals surface area contributed by atoms with E-state index in [0.717, 1.165) is 37.9 Å². The summed E-state index contributed by atoms with van der Waals surface area (Å²) in [6.07, 6.45) is 9.78. The molecule has 0 radical (unpaired) electrons. The van der Waals surface area contributed by atoms with Crippen molar-refractivity contribution in [1.29, 1.82) is 0 Å². The third-order valence-electron chi connectivity index (χ3n) is 4.13. The van der Waals surface area contributed by atoms with E-state index in [1.54, 1.807) is 11.8 Å². The molecule has 0 saturated heterocycles. The standard InChI is InChI=1S/C14H28N2OS/c1-3-12(10-18-2)16-13(17)14(11-15)8-6-4-5-7-9-14/h12H,3-11,15H2,1-2H3,(H,16,17). The monoisotopic (exact) mass is 272 g/mol. The highest BCUT2D eigenvalue weighted by atomic mass is 32.2. The topological polar surface area (TPSA) is 55.1 Å². The molecule has 1 unspecified atom stereocenters. The lowest BCUT2D eigenvalue weighted by atomic mass is 9.79. The van der Waals surface area contributed by atoms with Crippen molar-refractivity contribution in [2.24, 2.45) is 11.1 Å². The number of carbonyl (C=O) groups excluding carboxylic acids is 1. The number of amides is 1. The molecule has 1 fully saturated rings. The predicted octanol–water partition coefficient (Wildman–Crippen LogP) is 2.54. The smallest absolute Gasteiger partial charge is 0.227 e. The molecule has 1 aliphatic rings. The van der Waals surface area contributed by atoms with E-state index in [9.17, 15) is 4.79 Å². The van der Waals surface area contributed by atoms with Crippen molar-refractivity contribution in [2.45, 2.75) is 57.9 Å². The quantitative estimate of drug-likeness (QED) is 0.731. The normalized spacial score (nSPS) is 21.1.